The molecule has 1 saturated carbocycles. The first-order valence-corrected chi connectivity index (χ1v) is 6.83. The summed E-state index contributed by atoms with van der Waals surface area (Å²) in [6.07, 6.45) is 8.62. The Kier molecular flexibility index (Phi) is 3.46. The average Bonchev–Trinajstić information content (AvgIpc) is 2.98. The summed E-state index contributed by atoms with van der Waals surface area (Å²) in [5.74, 6) is 1.49. The second-order valence-electron chi connectivity index (χ2n) is 5.02. The Morgan fingerprint density at radius 3 is 2.65 bits per heavy atom. The van der Waals surface area contributed by atoms with Gasteiger partial charge >= 0.3 is 0 Å². The molecule has 20 heavy (non-hydrogen) atoms. The fourth-order valence-electron chi connectivity index (χ4n) is 2.33. The van der Waals surface area contributed by atoms with Crippen LogP contribution in [0.25, 0.3) is 6.08 Å². The maximum absolute atomic E-state index is 12.4. The lowest BCUT2D eigenvalue weighted by Crippen LogP contribution is -2.34. The van der Waals surface area contributed by atoms with Gasteiger partial charge in [0.15, 0.2) is 0 Å². The van der Waals surface area contributed by atoms with Gasteiger partial charge in [-0.1, -0.05) is 0 Å². The van der Waals surface area contributed by atoms with Crippen LogP contribution in [-0.2, 0) is 4.79 Å². The Labute approximate surface area is 117 Å². The van der Waals surface area contributed by atoms with Crippen molar-refractivity contribution in [1.82, 2.24) is 4.90 Å². The van der Waals surface area contributed by atoms with E-state index in [0.29, 0.717) is 11.8 Å². The minimum Gasteiger partial charge on any atom is -0.467 e. The second-order valence-corrected chi connectivity index (χ2v) is 5.02. The highest BCUT2D eigenvalue weighted by molar-refractivity contribution is 5.92. The lowest BCUT2D eigenvalue weighted by Gasteiger charge is -2.26. The predicted molar refractivity (Wildman–Crippen MR) is 74.7 cm³/mol. The summed E-state index contributed by atoms with van der Waals surface area (Å²) < 4.78 is 10.6. The molecule has 4 heteroatoms. The molecule has 0 aliphatic heterocycles. The van der Waals surface area contributed by atoms with Crippen LogP contribution in [0, 0.1) is 0 Å². The Bertz CT molecular complexity index is 579. The minimum absolute atomic E-state index is 0.00667. The van der Waals surface area contributed by atoms with Gasteiger partial charge < -0.3 is 13.7 Å². The van der Waals surface area contributed by atoms with Gasteiger partial charge in [0.25, 0.3) is 0 Å². The smallest absolute Gasteiger partial charge is 0.247 e. The molecule has 1 unspecified atom stereocenters. The van der Waals surface area contributed by atoms with Crippen LogP contribution in [-0.4, -0.2) is 16.8 Å². The van der Waals surface area contributed by atoms with Crippen LogP contribution in [0.4, 0.5) is 0 Å². The average molecular weight is 271 g/mol. The van der Waals surface area contributed by atoms with Crippen LogP contribution < -0.4 is 0 Å². The van der Waals surface area contributed by atoms with Gasteiger partial charge in [0.05, 0.1) is 18.6 Å². The summed E-state index contributed by atoms with van der Waals surface area (Å²) in [6, 6.07) is 7.65. The van der Waals surface area contributed by atoms with Gasteiger partial charge in [-0.3, -0.25) is 4.79 Å². The van der Waals surface area contributed by atoms with Crippen molar-refractivity contribution < 1.29 is 13.6 Å². The van der Waals surface area contributed by atoms with Crippen LogP contribution in [0.3, 0.4) is 0 Å². The number of hydrogen-bond donors (Lipinski definition) is 0. The van der Waals surface area contributed by atoms with E-state index in [0.717, 1.165) is 18.6 Å². The van der Waals surface area contributed by atoms with Crippen molar-refractivity contribution >= 4 is 12.0 Å². The van der Waals surface area contributed by atoms with E-state index in [2.05, 4.69) is 0 Å². The van der Waals surface area contributed by atoms with Crippen molar-refractivity contribution in [2.24, 2.45) is 0 Å². The van der Waals surface area contributed by atoms with Gasteiger partial charge in [-0.25, -0.2) is 0 Å². The third kappa shape index (κ3) is 2.69. The molecule has 2 aromatic heterocycles. The number of carbonyl (C=O) groups excluding carboxylic acids is 1. The van der Waals surface area contributed by atoms with E-state index in [4.69, 9.17) is 8.83 Å². The topological polar surface area (TPSA) is 46.6 Å². The van der Waals surface area contributed by atoms with Crippen LogP contribution in [0.1, 0.15) is 37.3 Å². The summed E-state index contributed by atoms with van der Waals surface area (Å²) in [5.41, 5.74) is 0. The minimum atomic E-state index is -0.0498. The first-order chi connectivity index (χ1) is 9.75. The summed E-state index contributed by atoms with van der Waals surface area (Å²) in [4.78, 5) is 14.3. The zero-order valence-corrected chi connectivity index (χ0v) is 11.4. The molecule has 0 radical (unpaired) electrons. The first kappa shape index (κ1) is 12.8. The molecular formula is C16H17NO3. The van der Waals surface area contributed by atoms with Gasteiger partial charge in [-0.15, -0.1) is 0 Å². The molecule has 0 saturated heterocycles. The number of rotatable bonds is 5. The maximum atomic E-state index is 12.4. The number of carbonyl (C=O) groups is 1. The third-order valence-corrected chi connectivity index (χ3v) is 3.50. The zero-order chi connectivity index (χ0) is 13.9. The van der Waals surface area contributed by atoms with Crippen molar-refractivity contribution in [3.8, 4) is 0 Å². The Morgan fingerprint density at radius 2 is 2.05 bits per heavy atom. The van der Waals surface area contributed by atoms with E-state index < -0.39 is 0 Å². The van der Waals surface area contributed by atoms with Gasteiger partial charge in [0.1, 0.15) is 11.5 Å². The fraction of sp³-hybridized carbons (Fsp3) is 0.312. The molecule has 0 aromatic carbocycles. The highest BCUT2D eigenvalue weighted by atomic mass is 16.3. The number of nitrogens with zero attached hydrogens (tertiary/aromatic N) is 1. The normalized spacial score (nSPS) is 16.4. The molecule has 3 rings (SSSR count). The van der Waals surface area contributed by atoms with Gasteiger partial charge in [0, 0.05) is 12.1 Å². The number of furan rings is 2. The van der Waals surface area contributed by atoms with E-state index in [9.17, 15) is 4.79 Å². The molecule has 4 nitrogen and oxygen atoms in total. The molecule has 2 aromatic rings. The van der Waals surface area contributed by atoms with Crippen LogP contribution in [0.15, 0.2) is 51.7 Å². The second kappa shape index (κ2) is 5.41. The Hall–Kier alpha value is -2.23. The van der Waals surface area contributed by atoms with E-state index in [-0.39, 0.29) is 11.9 Å². The standard InChI is InChI=1S/C16H17NO3/c1-12(15-5-3-11-20-15)17(13-6-7-13)16(18)9-8-14-4-2-10-19-14/h2-5,8-13H,6-7H2,1H3. The molecule has 2 heterocycles. The molecule has 1 fully saturated rings. The highest BCUT2D eigenvalue weighted by Crippen LogP contribution is 2.34. The summed E-state index contributed by atoms with van der Waals surface area (Å²) >= 11 is 0. The van der Waals surface area contributed by atoms with Crippen molar-refractivity contribution in [2.75, 3.05) is 0 Å². The molecule has 0 N–H and O–H groups in total. The third-order valence-electron chi connectivity index (χ3n) is 3.50. The predicted octanol–water partition coefficient (Wildman–Crippen LogP) is 3.64. The summed E-state index contributed by atoms with van der Waals surface area (Å²) in [7, 11) is 0. The van der Waals surface area contributed by atoms with Crippen LogP contribution >= 0.6 is 0 Å². The molecular weight excluding hydrogens is 254 g/mol. The highest BCUT2D eigenvalue weighted by Gasteiger charge is 2.36. The quantitative estimate of drug-likeness (QED) is 0.780. The molecule has 104 valence electrons. The number of amides is 1. The van der Waals surface area contributed by atoms with E-state index in [1.165, 1.54) is 0 Å². The monoisotopic (exact) mass is 271 g/mol. The Morgan fingerprint density at radius 1 is 1.30 bits per heavy atom. The SMILES string of the molecule is CC(c1ccco1)N(C(=O)C=Cc1ccco1)C1CC1. The molecule has 1 atom stereocenters. The van der Waals surface area contributed by atoms with E-state index in [1.54, 1.807) is 30.7 Å². The van der Waals surface area contributed by atoms with Gasteiger partial charge in [-0.05, 0) is 50.1 Å². The van der Waals surface area contributed by atoms with Crippen molar-refractivity contribution in [3.63, 3.8) is 0 Å². The van der Waals surface area contributed by atoms with Crippen molar-refractivity contribution in [2.45, 2.75) is 31.8 Å². The van der Waals surface area contributed by atoms with Crippen LogP contribution in [0.2, 0.25) is 0 Å². The number of hydrogen-bond acceptors (Lipinski definition) is 3. The molecule has 1 aliphatic carbocycles. The molecule has 1 aliphatic rings. The Balaban J connectivity index is 1.75. The largest absolute Gasteiger partial charge is 0.467 e. The van der Waals surface area contributed by atoms with Gasteiger partial charge in [0.2, 0.25) is 5.91 Å². The first-order valence-electron chi connectivity index (χ1n) is 6.83. The zero-order valence-electron chi connectivity index (χ0n) is 11.4. The molecule has 0 bridgehead atoms. The van der Waals surface area contributed by atoms with E-state index >= 15 is 0 Å². The lowest BCUT2D eigenvalue weighted by molar-refractivity contribution is -0.129. The van der Waals surface area contributed by atoms with Crippen LogP contribution in [0.5, 0.6) is 0 Å². The van der Waals surface area contributed by atoms with Crippen molar-refractivity contribution in [3.05, 3.63) is 54.4 Å². The summed E-state index contributed by atoms with van der Waals surface area (Å²) in [6.45, 7) is 2.00. The molecule has 1 amide bonds. The molecule has 0 spiro atoms. The van der Waals surface area contributed by atoms with Crippen molar-refractivity contribution in [1.29, 1.82) is 0 Å². The summed E-state index contributed by atoms with van der Waals surface area (Å²) in [5, 5.41) is 0. The van der Waals surface area contributed by atoms with E-state index in [1.807, 2.05) is 30.0 Å². The lowest BCUT2D eigenvalue weighted by atomic mass is 10.2. The maximum Gasteiger partial charge on any atom is 0.247 e. The fourth-order valence-corrected chi connectivity index (χ4v) is 2.33. The van der Waals surface area contributed by atoms with Gasteiger partial charge in [-0.2, -0.15) is 0 Å².